The molecule has 0 bridgehead atoms. The van der Waals surface area contributed by atoms with E-state index in [-0.39, 0.29) is 6.42 Å². The number of rotatable bonds is 3. The molecule has 0 saturated heterocycles. The van der Waals surface area contributed by atoms with Gasteiger partial charge in [-0.1, -0.05) is 12.5 Å². The van der Waals surface area contributed by atoms with Crippen LogP contribution in [-0.2, 0) is 24.1 Å². The van der Waals surface area contributed by atoms with Gasteiger partial charge >= 0.3 is 5.97 Å². The molecular formula is C14H17BrO3. The molecule has 0 amide bonds. The molecule has 2 rings (SSSR count). The van der Waals surface area contributed by atoms with Crippen LogP contribution in [0, 0.1) is 0 Å². The second-order valence-corrected chi connectivity index (χ2v) is 5.44. The lowest BCUT2D eigenvalue weighted by atomic mass is 9.97. The van der Waals surface area contributed by atoms with Crippen LogP contribution in [0.5, 0.6) is 5.75 Å². The van der Waals surface area contributed by atoms with Gasteiger partial charge in [-0.2, -0.15) is 0 Å². The molecular weight excluding hydrogens is 296 g/mol. The van der Waals surface area contributed by atoms with E-state index in [9.17, 15) is 4.79 Å². The lowest BCUT2D eigenvalue weighted by Gasteiger charge is -2.16. The lowest BCUT2D eigenvalue weighted by molar-refractivity contribution is -0.136. The van der Waals surface area contributed by atoms with E-state index in [4.69, 9.17) is 9.84 Å². The third-order valence-corrected chi connectivity index (χ3v) is 4.25. The molecule has 1 aromatic rings. The molecule has 0 heterocycles. The first-order valence-electron chi connectivity index (χ1n) is 6.22. The van der Waals surface area contributed by atoms with Crippen molar-refractivity contribution in [1.82, 2.24) is 0 Å². The van der Waals surface area contributed by atoms with Crippen molar-refractivity contribution < 1.29 is 14.6 Å². The summed E-state index contributed by atoms with van der Waals surface area (Å²) in [5.74, 6) is -0.146. The topological polar surface area (TPSA) is 46.5 Å². The SMILES string of the molecule is COc1c(CC(=O)O)cc2c(c1Br)CCCCC2. The van der Waals surface area contributed by atoms with Crippen molar-refractivity contribution in [3.8, 4) is 5.75 Å². The fourth-order valence-electron chi connectivity index (χ4n) is 2.58. The summed E-state index contributed by atoms with van der Waals surface area (Å²) in [6, 6.07) is 2.01. The lowest BCUT2D eigenvalue weighted by Crippen LogP contribution is -2.06. The van der Waals surface area contributed by atoms with E-state index in [1.165, 1.54) is 30.4 Å². The highest BCUT2D eigenvalue weighted by Gasteiger charge is 2.19. The minimum absolute atomic E-state index is 0.00898. The highest BCUT2D eigenvalue weighted by atomic mass is 79.9. The number of fused-ring (bicyclic) bond motifs is 1. The molecule has 18 heavy (non-hydrogen) atoms. The van der Waals surface area contributed by atoms with Crippen molar-refractivity contribution in [2.45, 2.75) is 38.5 Å². The summed E-state index contributed by atoms with van der Waals surface area (Å²) in [6.45, 7) is 0. The van der Waals surface area contributed by atoms with E-state index in [1.807, 2.05) is 6.07 Å². The van der Waals surface area contributed by atoms with Crippen LogP contribution in [0.4, 0.5) is 0 Å². The summed E-state index contributed by atoms with van der Waals surface area (Å²) < 4.78 is 6.32. The maximum atomic E-state index is 10.9. The van der Waals surface area contributed by atoms with Crippen molar-refractivity contribution in [1.29, 1.82) is 0 Å². The fourth-order valence-corrected chi connectivity index (χ4v) is 3.45. The fraction of sp³-hybridized carbons (Fsp3) is 0.500. The Kier molecular flexibility index (Phi) is 4.27. The molecule has 1 N–H and O–H groups in total. The Morgan fingerprint density at radius 1 is 1.39 bits per heavy atom. The van der Waals surface area contributed by atoms with Crippen molar-refractivity contribution in [3.63, 3.8) is 0 Å². The van der Waals surface area contributed by atoms with Crippen LogP contribution in [0.15, 0.2) is 10.5 Å². The minimum atomic E-state index is -0.825. The molecule has 3 nitrogen and oxygen atoms in total. The van der Waals surface area contributed by atoms with E-state index < -0.39 is 5.97 Å². The Bertz CT molecular complexity index is 469. The molecule has 0 unspecified atom stereocenters. The number of methoxy groups -OCH3 is 1. The highest BCUT2D eigenvalue weighted by molar-refractivity contribution is 9.10. The van der Waals surface area contributed by atoms with Crippen molar-refractivity contribution in [3.05, 3.63) is 27.2 Å². The first-order chi connectivity index (χ1) is 8.63. The number of hydrogen-bond donors (Lipinski definition) is 1. The normalized spacial score (nSPS) is 14.8. The van der Waals surface area contributed by atoms with Gasteiger partial charge in [-0.25, -0.2) is 0 Å². The standard InChI is InChI=1S/C14H17BrO3/c1-18-14-10(8-12(16)17)7-9-5-3-2-4-6-11(9)13(14)15/h7H,2-6,8H2,1H3,(H,16,17). The highest BCUT2D eigenvalue weighted by Crippen LogP contribution is 2.38. The molecule has 98 valence electrons. The van der Waals surface area contributed by atoms with E-state index in [0.717, 1.165) is 22.9 Å². The maximum absolute atomic E-state index is 10.9. The van der Waals surface area contributed by atoms with Gasteiger partial charge in [-0.05, 0) is 52.7 Å². The molecule has 0 aromatic heterocycles. The van der Waals surface area contributed by atoms with Crippen molar-refractivity contribution >= 4 is 21.9 Å². The Morgan fingerprint density at radius 2 is 2.11 bits per heavy atom. The summed E-state index contributed by atoms with van der Waals surface area (Å²) >= 11 is 3.58. The molecule has 4 heteroatoms. The predicted molar refractivity (Wildman–Crippen MR) is 73.3 cm³/mol. The number of aryl methyl sites for hydroxylation is 1. The summed E-state index contributed by atoms with van der Waals surface area (Å²) in [5.41, 5.74) is 3.33. The van der Waals surface area contributed by atoms with Crippen LogP contribution >= 0.6 is 15.9 Å². The van der Waals surface area contributed by atoms with E-state index in [2.05, 4.69) is 15.9 Å². The van der Waals surface area contributed by atoms with Gasteiger partial charge in [-0.3, -0.25) is 4.79 Å². The van der Waals surface area contributed by atoms with E-state index >= 15 is 0 Å². The van der Waals surface area contributed by atoms with Crippen LogP contribution in [0.25, 0.3) is 0 Å². The van der Waals surface area contributed by atoms with Crippen LogP contribution in [0.3, 0.4) is 0 Å². The molecule has 0 spiro atoms. The van der Waals surface area contributed by atoms with Crippen LogP contribution in [0.1, 0.15) is 36.0 Å². The molecule has 1 aromatic carbocycles. The van der Waals surface area contributed by atoms with Crippen LogP contribution < -0.4 is 4.74 Å². The number of carboxylic acids is 1. The van der Waals surface area contributed by atoms with Gasteiger partial charge in [-0.15, -0.1) is 0 Å². The Balaban J connectivity index is 2.51. The quantitative estimate of drug-likeness (QED) is 0.871. The number of hydrogen-bond acceptors (Lipinski definition) is 2. The minimum Gasteiger partial charge on any atom is -0.495 e. The molecule has 0 radical (unpaired) electrons. The Hall–Kier alpha value is -1.03. The summed E-state index contributed by atoms with van der Waals surface area (Å²) in [6.07, 6.45) is 5.68. The number of benzene rings is 1. The third kappa shape index (κ3) is 2.69. The van der Waals surface area contributed by atoms with E-state index in [0.29, 0.717) is 5.75 Å². The van der Waals surface area contributed by atoms with Gasteiger partial charge in [0.05, 0.1) is 18.0 Å². The molecule has 1 aliphatic rings. The number of ether oxygens (including phenoxy) is 1. The number of carboxylic acid groups (broad SMARTS) is 1. The predicted octanol–water partition coefficient (Wildman–Crippen LogP) is 3.35. The summed E-state index contributed by atoms with van der Waals surface area (Å²) in [5, 5.41) is 8.97. The van der Waals surface area contributed by atoms with Gasteiger partial charge in [0.25, 0.3) is 0 Å². The van der Waals surface area contributed by atoms with Crippen LogP contribution in [0.2, 0.25) is 0 Å². The second kappa shape index (κ2) is 5.74. The summed E-state index contributed by atoms with van der Waals surface area (Å²) in [4.78, 5) is 10.9. The van der Waals surface area contributed by atoms with Crippen LogP contribution in [-0.4, -0.2) is 18.2 Å². The van der Waals surface area contributed by atoms with Gasteiger partial charge in [0.15, 0.2) is 0 Å². The zero-order valence-corrected chi connectivity index (χ0v) is 12.0. The average molecular weight is 313 g/mol. The Morgan fingerprint density at radius 3 is 2.78 bits per heavy atom. The monoisotopic (exact) mass is 312 g/mol. The third-order valence-electron chi connectivity index (χ3n) is 3.41. The Labute approximate surface area is 115 Å². The number of halogens is 1. The molecule has 0 atom stereocenters. The molecule has 1 aliphatic carbocycles. The van der Waals surface area contributed by atoms with Gasteiger partial charge in [0.1, 0.15) is 5.75 Å². The average Bonchev–Trinajstić information content (AvgIpc) is 2.54. The molecule has 0 saturated carbocycles. The van der Waals surface area contributed by atoms with E-state index in [1.54, 1.807) is 7.11 Å². The van der Waals surface area contributed by atoms with Crippen molar-refractivity contribution in [2.24, 2.45) is 0 Å². The second-order valence-electron chi connectivity index (χ2n) is 4.65. The van der Waals surface area contributed by atoms with Gasteiger partial charge in [0.2, 0.25) is 0 Å². The van der Waals surface area contributed by atoms with Gasteiger partial charge < -0.3 is 9.84 Å². The zero-order valence-electron chi connectivity index (χ0n) is 10.5. The van der Waals surface area contributed by atoms with Gasteiger partial charge in [0, 0.05) is 5.56 Å². The molecule has 0 aliphatic heterocycles. The first kappa shape index (κ1) is 13.4. The van der Waals surface area contributed by atoms with Crippen molar-refractivity contribution in [2.75, 3.05) is 7.11 Å². The zero-order chi connectivity index (χ0) is 13.1. The summed E-state index contributed by atoms with van der Waals surface area (Å²) in [7, 11) is 1.59. The number of aliphatic carboxylic acids is 1. The first-order valence-corrected chi connectivity index (χ1v) is 7.01. The number of carbonyl (C=O) groups is 1. The largest absolute Gasteiger partial charge is 0.495 e. The molecule has 0 fully saturated rings. The smallest absolute Gasteiger partial charge is 0.307 e. The maximum Gasteiger partial charge on any atom is 0.307 e.